The normalized spacial score (nSPS) is 40.3. The Labute approximate surface area is 242 Å². The van der Waals surface area contributed by atoms with E-state index in [2.05, 4.69) is 20.8 Å². The average Bonchev–Trinajstić information content (AvgIpc) is 3.30. The Bertz CT molecular complexity index is 1010. The van der Waals surface area contributed by atoms with Crippen LogP contribution in [0.25, 0.3) is 0 Å². The molecule has 4 fully saturated rings. The SMILES string of the molecule is C[C@H](CCC(=O)O)C1CC[C@H]2C3[C@H](OC(=O)CN)CC4C[C@H](OC(=O)CN)CC[C@]4(C)[C@H]3C[C@H](OC(=O)CN)C12C. The Morgan fingerprint density at radius 2 is 1.49 bits per heavy atom. The van der Waals surface area contributed by atoms with Crippen LogP contribution in [0.3, 0.4) is 0 Å². The van der Waals surface area contributed by atoms with Gasteiger partial charge in [0.2, 0.25) is 0 Å². The molecule has 11 heteroatoms. The molecule has 0 heterocycles. The van der Waals surface area contributed by atoms with Crippen LogP contribution in [-0.2, 0) is 33.4 Å². The third-order valence-electron chi connectivity index (χ3n) is 11.6. The summed E-state index contributed by atoms with van der Waals surface area (Å²) in [5.74, 6) is -1.49. The number of carboxylic acids is 1. The molecule has 11 atom stereocenters. The lowest BCUT2D eigenvalue weighted by Crippen LogP contribution is -2.63. The van der Waals surface area contributed by atoms with E-state index in [0.29, 0.717) is 25.7 Å². The van der Waals surface area contributed by atoms with Gasteiger partial charge < -0.3 is 36.5 Å². The highest BCUT2D eigenvalue weighted by atomic mass is 16.6. The number of fused-ring (bicyclic) bond motifs is 5. The minimum absolute atomic E-state index is 0.0457. The van der Waals surface area contributed by atoms with Crippen molar-refractivity contribution in [3.05, 3.63) is 0 Å². The lowest BCUT2D eigenvalue weighted by atomic mass is 9.43. The molecule has 4 aliphatic rings. The molecule has 0 radical (unpaired) electrons. The Morgan fingerprint density at radius 1 is 0.854 bits per heavy atom. The van der Waals surface area contributed by atoms with Gasteiger partial charge >= 0.3 is 23.9 Å². The molecular formula is C30H49N3O8. The van der Waals surface area contributed by atoms with E-state index >= 15 is 0 Å². The fourth-order valence-electron chi connectivity index (χ4n) is 9.68. The van der Waals surface area contributed by atoms with Gasteiger partial charge in [-0.3, -0.25) is 19.2 Å². The molecule has 0 aromatic heterocycles. The summed E-state index contributed by atoms with van der Waals surface area (Å²) in [6.07, 6.45) is 4.89. The van der Waals surface area contributed by atoms with Gasteiger partial charge in [0.05, 0.1) is 19.6 Å². The van der Waals surface area contributed by atoms with E-state index in [1.807, 2.05) is 0 Å². The van der Waals surface area contributed by atoms with Gasteiger partial charge in [-0.05, 0) is 86.4 Å². The first-order valence-corrected chi connectivity index (χ1v) is 15.3. The van der Waals surface area contributed by atoms with Crippen LogP contribution in [0, 0.1) is 46.3 Å². The number of hydrogen-bond donors (Lipinski definition) is 4. The summed E-state index contributed by atoms with van der Waals surface area (Å²) in [7, 11) is 0. The third-order valence-corrected chi connectivity index (χ3v) is 11.6. The van der Waals surface area contributed by atoms with Crippen molar-refractivity contribution in [1.29, 1.82) is 0 Å². The molecule has 0 bridgehead atoms. The molecular weight excluding hydrogens is 530 g/mol. The van der Waals surface area contributed by atoms with Gasteiger partial charge in [0.15, 0.2) is 0 Å². The highest BCUT2D eigenvalue weighted by Crippen LogP contribution is 2.69. The molecule has 11 nitrogen and oxygen atoms in total. The van der Waals surface area contributed by atoms with Crippen LogP contribution < -0.4 is 17.2 Å². The second-order valence-corrected chi connectivity index (χ2v) is 13.4. The van der Waals surface area contributed by atoms with Crippen LogP contribution in [0.4, 0.5) is 0 Å². The van der Waals surface area contributed by atoms with Crippen molar-refractivity contribution in [3.8, 4) is 0 Å². The number of carbonyl (C=O) groups is 4. The maximum absolute atomic E-state index is 12.7. The predicted octanol–water partition coefficient (Wildman–Crippen LogP) is 1.98. The van der Waals surface area contributed by atoms with Crippen LogP contribution in [0.2, 0.25) is 0 Å². The van der Waals surface area contributed by atoms with Crippen molar-refractivity contribution in [2.45, 2.75) is 96.9 Å². The number of aliphatic carboxylic acids is 1. The molecule has 0 spiro atoms. The number of esters is 3. The summed E-state index contributed by atoms with van der Waals surface area (Å²) in [5, 5.41) is 9.34. The van der Waals surface area contributed by atoms with E-state index < -0.39 is 29.3 Å². The molecule has 41 heavy (non-hydrogen) atoms. The highest BCUT2D eigenvalue weighted by molar-refractivity contribution is 5.72. The largest absolute Gasteiger partial charge is 0.481 e. The second-order valence-electron chi connectivity index (χ2n) is 13.4. The quantitative estimate of drug-likeness (QED) is 0.218. The van der Waals surface area contributed by atoms with Crippen molar-refractivity contribution < 1.29 is 38.5 Å². The van der Waals surface area contributed by atoms with Crippen molar-refractivity contribution in [1.82, 2.24) is 0 Å². The lowest BCUT2D eigenvalue weighted by molar-refractivity contribution is -0.225. The van der Waals surface area contributed by atoms with Gasteiger partial charge in [-0.25, -0.2) is 0 Å². The number of rotatable bonds is 10. The Balaban J connectivity index is 1.72. The highest BCUT2D eigenvalue weighted by Gasteiger charge is 2.67. The summed E-state index contributed by atoms with van der Waals surface area (Å²) in [6.45, 7) is 6.00. The van der Waals surface area contributed by atoms with Crippen molar-refractivity contribution >= 4 is 23.9 Å². The molecule has 232 valence electrons. The lowest BCUT2D eigenvalue weighted by Gasteiger charge is -2.64. The van der Waals surface area contributed by atoms with Gasteiger partial charge in [0.25, 0.3) is 0 Å². The molecule has 0 saturated heterocycles. The van der Waals surface area contributed by atoms with Crippen molar-refractivity contribution in [2.75, 3.05) is 19.6 Å². The average molecular weight is 580 g/mol. The zero-order valence-electron chi connectivity index (χ0n) is 24.7. The van der Waals surface area contributed by atoms with Gasteiger partial charge in [-0.2, -0.15) is 0 Å². The molecule has 0 aromatic carbocycles. The number of hydrogen-bond acceptors (Lipinski definition) is 10. The fourth-order valence-corrected chi connectivity index (χ4v) is 9.68. The van der Waals surface area contributed by atoms with Crippen molar-refractivity contribution in [3.63, 3.8) is 0 Å². The molecule has 4 rings (SSSR count). The van der Waals surface area contributed by atoms with Gasteiger partial charge in [-0.1, -0.05) is 20.8 Å². The van der Waals surface area contributed by atoms with E-state index in [4.69, 9.17) is 31.4 Å². The smallest absolute Gasteiger partial charge is 0.319 e. The first-order chi connectivity index (χ1) is 19.4. The van der Waals surface area contributed by atoms with E-state index in [1.165, 1.54) is 0 Å². The zero-order valence-corrected chi connectivity index (χ0v) is 24.7. The van der Waals surface area contributed by atoms with Crippen LogP contribution in [-0.4, -0.2) is 66.9 Å². The van der Waals surface area contributed by atoms with E-state index in [1.54, 1.807) is 0 Å². The summed E-state index contributed by atoms with van der Waals surface area (Å²) in [4.78, 5) is 48.7. The predicted molar refractivity (Wildman–Crippen MR) is 149 cm³/mol. The Morgan fingerprint density at radius 3 is 2.12 bits per heavy atom. The molecule has 4 aliphatic carbocycles. The first kappa shape index (κ1) is 31.7. The number of carboxylic acid groups (broad SMARTS) is 1. The molecule has 7 N–H and O–H groups in total. The zero-order chi connectivity index (χ0) is 30.1. The molecule has 0 aliphatic heterocycles. The second kappa shape index (κ2) is 12.6. The Hall–Kier alpha value is -2.24. The summed E-state index contributed by atoms with van der Waals surface area (Å²) in [6, 6.07) is 0. The van der Waals surface area contributed by atoms with E-state index in [-0.39, 0.29) is 85.3 Å². The number of carbonyl (C=O) groups excluding carboxylic acids is 3. The topological polar surface area (TPSA) is 194 Å². The van der Waals surface area contributed by atoms with Crippen LogP contribution in [0.15, 0.2) is 0 Å². The maximum atomic E-state index is 12.7. The first-order valence-electron chi connectivity index (χ1n) is 15.3. The van der Waals surface area contributed by atoms with Crippen LogP contribution in [0.1, 0.15) is 78.6 Å². The Kier molecular flexibility index (Phi) is 9.70. The number of ether oxygens (including phenoxy) is 3. The molecule has 0 aromatic rings. The van der Waals surface area contributed by atoms with Gasteiger partial charge in [-0.15, -0.1) is 0 Å². The standard InChI is InChI=1S/C30H49N3O8/c1-16(4-7-24(34)35)19-5-6-20-28-21(12-23(30(19,20)3)41-27(38)15-33)29(2)9-8-18(39-25(36)13-31)10-17(29)11-22(28)40-26(37)14-32/h16-23,28H,4-15,31-33H2,1-3H3,(H,34,35)/t16-,17?,18-,19?,20+,21+,22-,23+,28?,29+,30?/m1/s1. The van der Waals surface area contributed by atoms with E-state index in [9.17, 15) is 24.3 Å². The van der Waals surface area contributed by atoms with Gasteiger partial charge in [0.1, 0.15) is 18.3 Å². The maximum Gasteiger partial charge on any atom is 0.319 e. The van der Waals surface area contributed by atoms with E-state index in [0.717, 1.165) is 25.7 Å². The minimum atomic E-state index is -0.820. The number of nitrogens with two attached hydrogens (primary N) is 3. The summed E-state index contributed by atoms with van der Waals surface area (Å²) < 4.78 is 17.9. The minimum Gasteiger partial charge on any atom is -0.481 e. The van der Waals surface area contributed by atoms with Crippen LogP contribution >= 0.6 is 0 Å². The molecule has 4 unspecified atom stereocenters. The molecule has 4 saturated carbocycles. The summed E-state index contributed by atoms with van der Waals surface area (Å²) >= 11 is 0. The monoisotopic (exact) mass is 579 g/mol. The fraction of sp³-hybridized carbons (Fsp3) is 0.867. The van der Waals surface area contributed by atoms with Gasteiger partial charge in [0, 0.05) is 17.8 Å². The van der Waals surface area contributed by atoms with Crippen LogP contribution in [0.5, 0.6) is 0 Å². The summed E-state index contributed by atoms with van der Waals surface area (Å²) in [5.41, 5.74) is 16.3. The third kappa shape index (κ3) is 5.99. The van der Waals surface area contributed by atoms with Crippen molar-refractivity contribution in [2.24, 2.45) is 63.5 Å². The molecule has 0 amide bonds.